The summed E-state index contributed by atoms with van der Waals surface area (Å²) in [5.41, 5.74) is 4.79. The lowest BCUT2D eigenvalue weighted by Crippen LogP contribution is -2.53. The van der Waals surface area contributed by atoms with Crippen LogP contribution in [0.4, 0.5) is 0 Å². The number of fused-ring (bicyclic) bond motifs is 1. The van der Waals surface area contributed by atoms with E-state index < -0.39 is 0 Å². The van der Waals surface area contributed by atoms with E-state index in [1.807, 2.05) is 41.3 Å². The van der Waals surface area contributed by atoms with Gasteiger partial charge in [0.2, 0.25) is 5.91 Å². The van der Waals surface area contributed by atoms with Crippen molar-refractivity contribution in [1.82, 2.24) is 20.0 Å². The van der Waals surface area contributed by atoms with Crippen LogP contribution in [-0.2, 0) is 11.3 Å². The molecule has 6 rings (SSSR count). The number of nitrogens with one attached hydrogen (secondary N) is 1. The van der Waals surface area contributed by atoms with Crippen LogP contribution in [0.1, 0.15) is 22.7 Å². The first-order chi connectivity index (χ1) is 18.1. The molecule has 1 N–H and O–H groups in total. The monoisotopic (exact) mass is 510 g/mol. The standard InChI is InChI=1S/C31H31ClN4O/c32-27-14-11-25(12-15-27)31-28(36-20-26(13-16-29(36)33-31)24-9-5-2-6-10-24)21-34-17-18-35(30(37)22-34)19-23-7-3-1-4-8-23/h1-16,20,28-29,31,33H,17-19,21-22H2. The zero-order valence-electron chi connectivity index (χ0n) is 20.7. The summed E-state index contributed by atoms with van der Waals surface area (Å²) < 4.78 is 0. The van der Waals surface area contributed by atoms with E-state index in [0.717, 1.165) is 24.7 Å². The van der Waals surface area contributed by atoms with E-state index in [4.69, 9.17) is 11.6 Å². The largest absolute Gasteiger partial charge is 0.352 e. The fourth-order valence-corrected chi connectivity index (χ4v) is 5.75. The van der Waals surface area contributed by atoms with Crippen LogP contribution in [0.2, 0.25) is 5.02 Å². The molecule has 3 aliphatic rings. The summed E-state index contributed by atoms with van der Waals surface area (Å²) in [6, 6.07) is 29.2. The highest BCUT2D eigenvalue weighted by Crippen LogP contribution is 2.35. The van der Waals surface area contributed by atoms with Crippen LogP contribution in [0, 0.1) is 0 Å². The zero-order valence-corrected chi connectivity index (χ0v) is 21.5. The van der Waals surface area contributed by atoms with Crippen molar-refractivity contribution in [2.24, 2.45) is 0 Å². The molecule has 0 spiro atoms. The molecule has 3 aliphatic heterocycles. The highest BCUT2D eigenvalue weighted by molar-refractivity contribution is 6.30. The number of piperazine rings is 1. The van der Waals surface area contributed by atoms with Crippen LogP contribution in [0.5, 0.6) is 0 Å². The van der Waals surface area contributed by atoms with Gasteiger partial charge in [-0.05, 0) is 40.5 Å². The summed E-state index contributed by atoms with van der Waals surface area (Å²) >= 11 is 6.21. The number of rotatable bonds is 6. The Bertz CT molecular complexity index is 1290. The van der Waals surface area contributed by atoms with Crippen molar-refractivity contribution in [2.75, 3.05) is 26.2 Å². The van der Waals surface area contributed by atoms with Gasteiger partial charge in [-0.25, -0.2) is 0 Å². The van der Waals surface area contributed by atoms with E-state index in [1.165, 1.54) is 22.3 Å². The van der Waals surface area contributed by atoms with E-state index >= 15 is 0 Å². The topological polar surface area (TPSA) is 38.8 Å². The first kappa shape index (κ1) is 24.0. The quantitative estimate of drug-likeness (QED) is 0.510. The third-order valence-corrected chi connectivity index (χ3v) is 7.83. The Morgan fingerprint density at radius 3 is 2.35 bits per heavy atom. The first-order valence-corrected chi connectivity index (χ1v) is 13.3. The number of carbonyl (C=O) groups excluding carboxylic acids is 1. The Hall–Kier alpha value is -3.38. The lowest BCUT2D eigenvalue weighted by molar-refractivity contribution is -0.136. The number of nitrogens with zero attached hydrogens (tertiary/aromatic N) is 3. The molecule has 3 aromatic carbocycles. The predicted octanol–water partition coefficient (Wildman–Crippen LogP) is 4.94. The number of hydrogen-bond donors (Lipinski definition) is 1. The third-order valence-electron chi connectivity index (χ3n) is 7.58. The molecule has 3 aromatic rings. The summed E-state index contributed by atoms with van der Waals surface area (Å²) in [5, 5.41) is 4.56. The summed E-state index contributed by atoms with van der Waals surface area (Å²) in [4.78, 5) is 19.8. The minimum atomic E-state index is 0.105. The Balaban J connectivity index is 1.22. The van der Waals surface area contributed by atoms with Crippen molar-refractivity contribution in [2.45, 2.75) is 24.8 Å². The zero-order chi connectivity index (χ0) is 25.2. The average molecular weight is 511 g/mol. The molecule has 3 atom stereocenters. The van der Waals surface area contributed by atoms with Gasteiger partial charge in [0.1, 0.15) is 0 Å². The maximum Gasteiger partial charge on any atom is 0.237 e. The molecule has 3 heterocycles. The molecule has 0 radical (unpaired) electrons. The van der Waals surface area contributed by atoms with Crippen LogP contribution >= 0.6 is 11.6 Å². The van der Waals surface area contributed by atoms with E-state index in [2.05, 4.69) is 82.0 Å². The summed E-state index contributed by atoms with van der Waals surface area (Å²) in [6.07, 6.45) is 6.83. The molecule has 2 fully saturated rings. The smallest absolute Gasteiger partial charge is 0.237 e. The molecule has 0 bridgehead atoms. The Morgan fingerprint density at radius 2 is 1.62 bits per heavy atom. The summed E-state index contributed by atoms with van der Waals surface area (Å²) in [7, 11) is 0. The maximum atomic E-state index is 13.1. The summed E-state index contributed by atoms with van der Waals surface area (Å²) in [5.74, 6) is 0.194. The van der Waals surface area contributed by atoms with Gasteiger partial charge < -0.3 is 9.80 Å². The van der Waals surface area contributed by atoms with Crippen molar-refractivity contribution in [1.29, 1.82) is 0 Å². The lowest BCUT2D eigenvalue weighted by atomic mass is 9.98. The number of allylic oxidation sites excluding steroid dienone is 2. The normalized spacial score (nSPS) is 23.8. The molecule has 0 aromatic heterocycles. The van der Waals surface area contributed by atoms with Gasteiger partial charge >= 0.3 is 0 Å². The van der Waals surface area contributed by atoms with Crippen molar-refractivity contribution < 1.29 is 4.79 Å². The number of benzene rings is 3. The fraction of sp³-hybridized carbons (Fsp3) is 0.258. The van der Waals surface area contributed by atoms with Gasteiger partial charge in [-0.1, -0.05) is 90.5 Å². The van der Waals surface area contributed by atoms with Gasteiger partial charge in [0.15, 0.2) is 0 Å². The number of halogens is 1. The van der Waals surface area contributed by atoms with Gasteiger partial charge in [-0.2, -0.15) is 0 Å². The Morgan fingerprint density at radius 1 is 0.892 bits per heavy atom. The molecule has 0 saturated carbocycles. The van der Waals surface area contributed by atoms with Crippen LogP contribution in [0.3, 0.4) is 0 Å². The highest BCUT2D eigenvalue weighted by atomic mass is 35.5. The van der Waals surface area contributed by atoms with E-state index in [9.17, 15) is 4.79 Å². The molecule has 6 heteroatoms. The minimum Gasteiger partial charge on any atom is -0.352 e. The van der Waals surface area contributed by atoms with Gasteiger partial charge in [-0.15, -0.1) is 0 Å². The molecule has 2 saturated heterocycles. The SMILES string of the molecule is O=C1CN(CC2C(c3ccc(Cl)cc3)NC3C=CC(c4ccccc4)=CN32)CCN1Cc1ccccc1. The van der Waals surface area contributed by atoms with Crippen LogP contribution in [-0.4, -0.2) is 59.0 Å². The Labute approximate surface area is 223 Å². The lowest BCUT2D eigenvalue weighted by Gasteiger charge is -2.39. The van der Waals surface area contributed by atoms with Gasteiger partial charge in [0, 0.05) is 37.4 Å². The van der Waals surface area contributed by atoms with Crippen LogP contribution in [0.25, 0.3) is 5.57 Å². The first-order valence-electron chi connectivity index (χ1n) is 12.9. The predicted molar refractivity (Wildman–Crippen MR) is 149 cm³/mol. The fourth-order valence-electron chi connectivity index (χ4n) is 5.63. The molecule has 1 amide bonds. The van der Waals surface area contributed by atoms with E-state index in [-0.39, 0.29) is 24.2 Å². The second kappa shape index (κ2) is 10.5. The molecular weight excluding hydrogens is 480 g/mol. The van der Waals surface area contributed by atoms with Crippen molar-refractivity contribution in [3.8, 4) is 0 Å². The second-order valence-electron chi connectivity index (χ2n) is 10.0. The molecular formula is C31H31ClN4O. The molecule has 0 aliphatic carbocycles. The van der Waals surface area contributed by atoms with Crippen molar-refractivity contribution in [3.63, 3.8) is 0 Å². The van der Waals surface area contributed by atoms with Crippen LogP contribution < -0.4 is 5.32 Å². The molecule has 5 nitrogen and oxygen atoms in total. The van der Waals surface area contributed by atoms with E-state index in [0.29, 0.717) is 13.1 Å². The van der Waals surface area contributed by atoms with Crippen LogP contribution in [0.15, 0.2) is 103 Å². The maximum absolute atomic E-state index is 13.1. The minimum absolute atomic E-state index is 0.105. The average Bonchev–Trinajstić information content (AvgIpc) is 3.29. The summed E-state index contributed by atoms with van der Waals surface area (Å²) in [6.45, 7) is 3.53. The number of hydrogen-bond acceptors (Lipinski definition) is 4. The van der Waals surface area contributed by atoms with E-state index in [1.54, 1.807) is 0 Å². The third kappa shape index (κ3) is 5.21. The number of carbonyl (C=O) groups is 1. The van der Waals surface area contributed by atoms with Crippen molar-refractivity contribution >= 4 is 23.1 Å². The highest BCUT2D eigenvalue weighted by Gasteiger charge is 2.41. The van der Waals surface area contributed by atoms with Gasteiger partial charge in [0.05, 0.1) is 24.8 Å². The molecule has 188 valence electrons. The van der Waals surface area contributed by atoms with Crippen molar-refractivity contribution in [3.05, 3.63) is 125 Å². The number of amides is 1. The molecule has 3 unspecified atom stereocenters. The Kier molecular flexibility index (Phi) is 6.83. The van der Waals surface area contributed by atoms with Gasteiger partial charge in [0.25, 0.3) is 0 Å². The molecule has 37 heavy (non-hydrogen) atoms. The van der Waals surface area contributed by atoms with Gasteiger partial charge in [-0.3, -0.25) is 15.0 Å². The second-order valence-corrected chi connectivity index (χ2v) is 10.4.